The van der Waals surface area contributed by atoms with E-state index in [0.717, 1.165) is 37.0 Å². The van der Waals surface area contributed by atoms with E-state index in [1.807, 2.05) is 0 Å². The maximum absolute atomic E-state index is 13.1. The lowest BCUT2D eigenvalue weighted by Gasteiger charge is -2.31. The molecule has 1 N–H and O–H groups in total. The van der Waals surface area contributed by atoms with Crippen LogP contribution in [-0.2, 0) is 19.2 Å². The topological polar surface area (TPSA) is 86.8 Å². The highest BCUT2D eigenvalue weighted by Crippen LogP contribution is 2.30. The Hall–Kier alpha value is -2.96. The summed E-state index contributed by atoms with van der Waals surface area (Å²) >= 11 is 0. The number of nitrogens with one attached hydrogen (secondary N) is 1. The van der Waals surface area contributed by atoms with Crippen LogP contribution in [0, 0.1) is 5.92 Å². The molecule has 1 saturated carbocycles. The molecule has 0 aromatic heterocycles. The lowest BCUT2D eigenvalue weighted by molar-refractivity contribution is -0.142. The molecule has 7 nitrogen and oxygen atoms in total. The Balaban J connectivity index is 1.79. The van der Waals surface area contributed by atoms with Crippen LogP contribution in [0.15, 0.2) is 36.9 Å². The molecule has 1 aliphatic heterocycles. The molecule has 4 amide bonds. The highest BCUT2D eigenvalue weighted by molar-refractivity contribution is 6.23. The van der Waals surface area contributed by atoms with Gasteiger partial charge < -0.3 is 10.2 Å². The van der Waals surface area contributed by atoms with Gasteiger partial charge in [-0.1, -0.05) is 25.3 Å². The zero-order valence-electron chi connectivity index (χ0n) is 16.7. The van der Waals surface area contributed by atoms with Crippen LogP contribution in [0.5, 0.6) is 0 Å². The Morgan fingerprint density at radius 1 is 1.17 bits per heavy atom. The molecule has 1 aromatic rings. The molecule has 2 fully saturated rings. The molecule has 154 valence electrons. The number of rotatable bonds is 6. The fourth-order valence-electron chi connectivity index (χ4n) is 4.12. The molecule has 3 rings (SSSR count). The number of amides is 4. The predicted octanol–water partition coefficient (Wildman–Crippen LogP) is 2.87. The Labute approximate surface area is 170 Å². The third kappa shape index (κ3) is 4.55. The average molecular weight is 397 g/mol. The highest BCUT2D eigenvalue weighted by Gasteiger charge is 2.45. The zero-order chi connectivity index (χ0) is 21.0. The second-order valence-corrected chi connectivity index (χ2v) is 7.63. The van der Waals surface area contributed by atoms with Gasteiger partial charge in [0.05, 0.1) is 12.1 Å². The van der Waals surface area contributed by atoms with Crippen LogP contribution in [0.2, 0.25) is 0 Å². The summed E-state index contributed by atoms with van der Waals surface area (Å²) in [5.74, 6) is -1.07. The van der Waals surface area contributed by atoms with Crippen LogP contribution in [0.1, 0.15) is 45.4 Å². The first-order valence-corrected chi connectivity index (χ1v) is 10.1. The summed E-state index contributed by atoms with van der Waals surface area (Å²) < 4.78 is 0. The van der Waals surface area contributed by atoms with Crippen molar-refractivity contribution >= 4 is 35.0 Å². The quantitative estimate of drug-likeness (QED) is 0.591. The summed E-state index contributed by atoms with van der Waals surface area (Å²) in [6.07, 6.45) is 6.40. The number of carbonyl (C=O) groups is 4. The van der Waals surface area contributed by atoms with Gasteiger partial charge in [0.1, 0.15) is 6.04 Å². The minimum atomic E-state index is -0.801. The second kappa shape index (κ2) is 9.03. The highest BCUT2D eigenvalue weighted by atomic mass is 16.2. The molecule has 0 radical (unpaired) electrons. The number of anilines is 2. The van der Waals surface area contributed by atoms with Gasteiger partial charge in [0.25, 0.3) is 5.91 Å². The predicted molar refractivity (Wildman–Crippen MR) is 110 cm³/mol. The van der Waals surface area contributed by atoms with Gasteiger partial charge in [0.15, 0.2) is 0 Å². The van der Waals surface area contributed by atoms with E-state index in [4.69, 9.17) is 0 Å². The van der Waals surface area contributed by atoms with E-state index in [0.29, 0.717) is 11.4 Å². The van der Waals surface area contributed by atoms with Crippen LogP contribution < -0.4 is 10.2 Å². The Morgan fingerprint density at radius 2 is 1.83 bits per heavy atom. The van der Waals surface area contributed by atoms with E-state index in [2.05, 4.69) is 11.9 Å². The first-order chi connectivity index (χ1) is 13.9. The number of carbonyl (C=O) groups excluding carboxylic acids is 4. The van der Waals surface area contributed by atoms with E-state index in [1.165, 1.54) is 11.8 Å². The van der Waals surface area contributed by atoms with Crippen molar-refractivity contribution in [1.29, 1.82) is 0 Å². The molecule has 1 unspecified atom stereocenters. The molecule has 2 aliphatic rings. The third-order valence-corrected chi connectivity index (χ3v) is 5.51. The van der Waals surface area contributed by atoms with E-state index >= 15 is 0 Å². The van der Waals surface area contributed by atoms with Gasteiger partial charge >= 0.3 is 0 Å². The molecule has 1 aromatic carbocycles. The summed E-state index contributed by atoms with van der Waals surface area (Å²) in [5, 5.41) is 2.65. The van der Waals surface area contributed by atoms with Gasteiger partial charge in [-0.2, -0.15) is 0 Å². The number of hydrogen-bond acceptors (Lipinski definition) is 4. The third-order valence-electron chi connectivity index (χ3n) is 5.51. The number of hydrogen-bond donors (Lipinski definition) is 1. The summed E-state index contributed by atoms with van der Waals surface area (Å²) in [7, 11) is 0. The van der Waals surface area contributed by atoms with Crippen molar-refractivity contribution in [2.75, 3.05) is 16.8 Å². The summed E-state index contributed by atoms with van der Waals surface area (Å²) in [6, 6.07) is 5.71. The van der Waals surface area contributed by atoms with Crippen molar-refractivity contribution in [3.05, 3.63) is 36.9 Å². The first kappa shape index (κ1) is 20.8. The van der Waals surface area contributed by atoms with Crippen LogP contribution in [0.3, 0.4) is 0 Å². The minimum Gasteiger partial charge on any atom is -0.326 e. The Bertz CT molecular complexity index is 812. The Kier molecular flexibility index (Phi) is 6.46. The van der Waals surface area contributed by atoms with Crippen LogP contribution in [0.25, 0.3) is 0 Å². The largest absolute Gasteiger partial charge is 0.326 e. The number of nitrogens with zero attached hydrogens (tertiary/aromatic N) is 2. The lowest BCUT2D eigenvalue weighted by Crippen LogP contribution is -2.48. The molecule has 0 bridgehead atoms. The van der Waals surface area contributed by atoms with Gasteiger partial charge in [0.2, 0.25) is 17.7 Å². The smallest absolute Gasteiger partial charge is 0.257 e. The molecule has 7 heteroatoms. The molecular weight excluding hydrogens is 370 g/mol. The van der Waals surface area contributed by atoms with Crippen LogP contribution in [-0.4, -0.2) is 41.1 Å². The van der Waals surface area contributed by atoms with Crippen molar-refractivity contribution in [3.63, 3.8) is 0 Å². The molecule has 1 atom stereocenters. The molecule has 29 heavy (non-hydrogen) atoms. The molecule has 0 spiro atoms. The molecule has 1 aliphatic carbocycles. The lowest BCUT2D eigenvalue weighted by atomic mass is 9.88. The van der Waals surface area contributed by atoms with Crippen molar-refractivity contribution in [2.45, 2.75) is 51.5 Å². The maximum Gasteiger partial charge on any atom is 0.257 e. The monoisotopic (exact) mass is 397 g/mol. The SMILES string of the molecule is C=CCN(C(=O)C1CCCCC1)C1CC(=O)N(c2ccc(NC(C)=O)cc2)C1=O. The van der Waals surface area contributed by atoms with E-state index in [1.54, 1.807) is 30.3 Å². The molecule has 1 heterocycles. The fourth-order valence-corrected chi connectivity index (χ4v) is 4.12. The first-order valence-electron chi connectivity index (χ1n) is 10.1. The number of imide groups is 1. The maximum atomic E-state index is 13.1. The van der Waals surface area contributed by atoms with Crippen molar-refractivity contribution < 1.29 is 19.2 Å². The standard InChI is InChI=1S/C22H27N3O4/c1-3-13-24(21(28)16-7-5-4-6-8-16)19-14-20(27)25(22(19)29)18-11-9-17(10-12-18)23-15(2)26/h3,9-12,16,19H,1,4-8,13-14H2,2H3,(H,23,26). The number of benzene rings is 1. The summed E-state index contributed by atoms with van der Waals surface area (Å²) in [4.78, 5) is 52.6. The van der Waals surface area contributed by atoms with Crippen molar-refractivity contribution in [3.8, 4) is 0 Å². The average Bonchev–Trinajstić information content (AvgIpc) is 3.00. The van der Waals surface area contributed by atoms with Crippen LogP contribution in [0.4, 0.5) is 11.4 Å². The van der Waals surface area contributed by atoms with Gasteiger partial charge in [-0.05, 0) is 37.1 Å². The molecule has 1 saturated heterocycles. The van der Waals surface area contributed by atoms with Gasteiger partial charge in [-0.3, -0.25) is 19.2 Å². The summed E-state index contributed by atoms with van der Waals surface area (Å²) in [6.45, 7) is 5.37. The summed E-state index contributed by atoms with van der Waals surface area (Å²) in [5.41, 5.74) is 1.01. The molecular formula is C22H27N3O4. The van der Waals surface area contributed by atoms with E-state index in [-0.39, 0.29) is 36.6 Å². The van der Waals surface area contributed by atoms with Gasteiger partial charge in [-0.15, -0.1) is 6.58 Å². The van der Waals surface area contributed by atoms with E-state index < -0.39 is 11.9 Å². The zero-order valence-corrected chi connectivity index (χ0v) is 16.7. The van der Waals surface area contributed by atoms with E-state index in [9.17, 15) is 19.2 Å². The van der Waals surface area contributed by atoms with Gasteiger partial charge in [0, 0.05) is 25.1 Å². The minimum absolute atomic E-state index is 0.0292. The van der Waals surface area contributed by atoms with Crippen molar-refractivity contribution in [2.24, 2.45) is 5.92 Å². The van der Waals surface area contributed by atoms with Gasteiger partial charge in [-0.25, -0.2) is 4.90 Å². The fraction of sp³-hybridized carbons (Fsp3) is 0.455. The Morgan fingerprint density at radius 3 is 2.41 bits per heavy atom. The van der Waals surface area contributed by atoms with Crippen molar-refractivity contribution in [1.82, 2.24) is 4.90 Å². The second-order valence-electron chi connectivity index (χ2n) is 7.63. The van der Waals surface area contributed by atoms with Crippen LogP contribution >= 0.6 is 0 Å². The normalized spacial score (nSPS) is 19.9.